The van der Waals surface area contributed by atoms with Crippen molar-refractivity contribution in [3.8, 4) is 16.9 Å². The second kappa shape index (κ2) is 6.84. The number of carbonyl (C=O) groups is 1. The molecule has 1 aliphatic rings. The van der Waals surface area contributed by atoms with Crippen molar-refractivity contribution in [2.75, 3.05) is 0 Å². The van der Waals surface area contributed by atoms with Crippen LogP contribution in [0.1, 0.15) is 44.9 Å². The molecule has 1 atom stereocenters. The van der Waals surface area contributed by atoms with Crippen molar-refractivity contribution >= 4 is 17.7 Å². The molecule has 2 aromatic rings. The van der Waals surface area contributed by atoms with E-state index >= 15 is 0 Å². The van der Waals surface area contributed by atoms with E-state index in [-0.39, 0.29) is 17.6 Å². The quantitative estimate of drug-likeness (QED) is 0.724. The van der Waals surface area contributed by atoms with Gasteiger partial charge in [-0.15, -0.1) is 0 Å². The highest BCUT2D eigenvalue weighted by Gasteiger charge is 2.40. The zero-order valence-corrected chi connectivity index (χ0v) is 16.2. The van der Waals surface area contributed by atoms with Crippen LogP contribution in [0, 0.1) is 5.41 Å². The van der Waals surface area contributed by atoms with Crippen molar-refractivity contribution < 1.29 is 14.6 Å². The summed E-state index contributed by atoms with van der Waals surface area (Å²) in [5.41, 5.74) is 3.99. The van der Waals surface area contributed by atoms with E-state index in [1.165, 1.54) is 0 Å². The predicted octanol–water partition coefficient (Wildman–Crippen LogP) is 5.69. The number of rotatable bonds is 4. The molecular formula is C21H24ClNO3. The molecule has 1 aliphatic carbocycles. The number of nitrogens with one attached hydrogen (secondary N) is 1. The third kappa shape index (κ3) is 3.65. The SMILES string of the molecule is CC(C)Oc1ccc(-c2ccc3c(c2)CC(C)(C)[C@H]3NC(=O)O)c(Cl)c1. The van der Waals surface area contributed by atoms with Crippen LogP contribution >= 0.6 is 11.6 Å². The summed E-state index contributed by atoms with van der Waals surface area (Å²) >= 11 is 6.48. The number of halogens is 1. The van der Waals surface area contributed by atoms with Gasteiger partial charge in [-0.05, 0) is 60.6 Å². The van der Waals surface area contributed by atoms with E-state index in [4.69, 9.17) is 21.4 Å². The fraction of sp³-hybridized carbons (Fsp3) is 0.381. The number of hydrogen-bond donors (Lipinski definition) is 2. The van der Waals surface area contributed by atoms with Crippen molar-refractivity contribution in [1.29, 1.82) is 0 Å². The predicted molar refractivity (Wildman–Crippen MR) is 104 cm³/mol. The van der Waals surface area contributed by atoms with Gasteiger partial charge in [0.2, 0.25) is 0 Å². The Balaban J connectivity index is 1.94. The monoisotopic (exact) mass is 373 g/mol. The van der Waals surface area contributed by atoms with E-state index in [2.05, 4.69) is 25.2 Å². The smallest absolute Gasteiger partial charge is 0.405 e. The molecule has 0 aliphatic heterocycles. The molecule has 2 aromatic carbocycles. The van der Waals surface area contributed by atoms with Crippen LogP contribution in [0.5, 0.6) is 5.75 Å². The topological polar surface area (TPSA) is 58.6 Å². The van der Waals surface area contributed by atoms with Gasteiger partial charge in [0.05, 0.1) is 17.2 Å². The number of hydrogen-bond acceptors (Lipinski definition) is 2. The van der Waals surface area contributed by atoms with Crippen LogP contribution in [0.25, 0.3) is 11.1 Å². The normalized spacial score (nSPS) is 17.8. The van der Waals surface area contributed by atoms with E-state index < -0.39 is 6.09 Å². The minimum Gasteiger partial charge on any atom is -0.491 e. The highest BCUT2D eigenvalue weighted by atomic mass is 35.5. The van der Waals surface area contributed by atoms with Crippen LogP contribution in [0.15, 0.2) is 36.4 Å². The molecule has 3 rings (SSSR count). The Morgan fingerprint density at radius 3 is 2.62 bits per heavy atom. The lowest BCUT2D eigenvalue weighted by atomic mass is 9.85. The molecule has 0 radical (unpaired) electrons. The van der Waals surface area contributed by atoms with E-state index in [1.807, 2.05) is 44.2 Å². The molecule has 138 valence electrons. The molecule has 0 saturated heterocycles. The number of carboxylic acid groups (broad SMARTS) is 1. The standard InChI is InChI=1S/C21H24ClNO3/c1-12(2)26-15-6-8-16(18(22)10-15)13-5-7-17-14(9-13)11-21(3,4)19(17)23-20(24)25/h5-10,12,19,23H,11H2,1-4H3,(H,24,25)/t19-/m0/s1. The lowest BCUT2D eigenvalue weighted by Gasteiger charge is -2.27. The second-order valence-electron chi connectivity index (χ2n) is 7.77. The van der Waals surface area contributed by atoms with E-state index in [0.29, 0.717) is 5.02 Å². The Bertz CT molecular complexity index is 845. The first kappa shape index (κ1) is 18.6. The first-order valence-corrected chi connectivity index (χ1v) is 9.14. The maximum absolute atomic E-state index is 11.2. The molecule has 0 unspecified atom stereocenters. The zero-order valence-electron chi connectivity index (χ0n) is 15.5. The van der Waals surface area contributed by atoms with E-state index in [0.717, 1.165) is 34.4 Å². The molecule has 0 fully saturated rings. The lowest BCUT2D eigenvalue weighted by molar-refractivity contribution is 0.175. The minimum atomic E-state index is -0.996. The molecule has 0 bridgehead atoms. The van der Waals surface area contributed by atoms with Gasteiger partial charge in [0.15, 0.2) is 0 Å². The van der Waals surface area contributed by atoms with Crippen LogP contribution in [0.3, 0.4) is 0 Å². The van der Waals surface area contributed by atoms with Gasteiger partial charge in [0.1, 0.15) is 5.75 Å². The number of benzene rings is 2. The highest BCUT2D eigenvalue weighted by Crippen LogP contribution is 2.46. The van der Waals surface area contributed by atoms with Gasteiger partial charge >= 0.3 is 6.09 Å². The van der Waals surface area contributed by atoms with Crippen molar-refractivity contribution in [3.05, 3.63) is 52.5 Å². The van der Waals surface area contributed by atoms with Crippen LogP contribution in [0.2, 0.25) is 5.02 Å². The van der Waals surface area contributed by atoms with E-state index in [9.17, 15) is 4.79 Å². The number of fused-ring (bicyclic) bond motifs is 1. The summed E-state index contributed by atoms with van der Waals surface area (Å²) in [4.78, 5) is 11.2. The van der Waals surface area contributed by atoms with E-state index in [1.54, 1.807) is 0 Å². The molecule has 5 heteroatoms. The van der Waals surface area contributed by atoms with Crippen molar-refractivity contribution in [3.63, 3.8) is 0 Å². The molecule has 0 heterocycles. The van der Waals surface area contributed by atoms with Gasteiger partial charge in [0, 0.05) is 5.56 Å². The van der Waals surface area contributed by atoms with Crippen LogP contribution in [-0.2, 0) is 6.42 Å². The molecule has 26 heavy (non-hydrogen) atoms. The van der Waals surface area contributed by atoms with Gasteiger partial charge in [-0.3, -0.25) is 0 Å². The summed E-state index contributed by atoms with van der Waals surface area (Å²) in [6.45, 7) is 8.12. The third-order valence-electron chi connectivity index (χ3n) is 4.77. The second-order valence-corrected chi connectivity index (χ2v) is 8.18. The third-order valence-corrected chi connectivity index (χ3v) is 5.09. The summed E-state index contributed by atoms with van der Waals surface area (Å²) in [5.74, 6) is 0.752. The number of amides is 1. The maximum atomic E-state index is 11.2. The fourth-order valence-corrected chi connectivity index (χ4v) is 3.97. The van der Waals surface area contributed by atoms with Crippen LogP contribution in [-0.4, -0.2) is 17.3 Å². The Labute approximate surface area is 159 Å². The zero-order chi connectivity index (χ0) is 19.1. The summed E-state index contributed by atoms with van der Waals surface area (Å²) in [5, 5.41) is 12.4. The summed E-state index contributed by atoms with van der Waals surface area (Å²) in [6, 6.07) is 11.6. The lowest BCUT2D eigenvalue weighted by Crippen LogP contribution is -2.34. The first-order valence-electron chi connectivity index (χ1n) is 8.76. The van der Waals surface area contributed by atoms with Crippen LogP contribution < -0.4 is 10.1 Å². The maximum Gasteiger partial charge on any atom is 0.405 e. The van der Waals surface area contributed by atoms with Gasteiger partial charge in [0.25, 0.3) is 0 Å². The fourth-order valence-electron chi connectivity index (χ4n) is 3.69. The Morgan fingerprint density at radius 2 is 2.00 bits per heavy atom. The van der Waals surface area contributed by atoms with Gasteiger partial charge in [-0.2, -0.15) is 0 Å². The Morgan fingerprint density at radius 1 is 1.27 bits per heavy atom. The average Bonchev–Trinajstić information content (AvgIpc) is 2.76. The molecule has 1 amide bonds. The Kier molecular flexibility index (Phi) is 4.89. The first-order chi connectivity index (χ1) is 12.2. The minimum absolute atomic E-state index is 0.0952. The van der Waals surface area contributed by atoms with Gasteiger partial charge in [-0.1, -0.05) is 43.6 Å². The molecule has 0 aromatic heterocycles. The van der Waals surface area contributed by atoms with Gasteiger partial charge in [-0.25, -0.2) is 4.79 Å². The summed E-state index contributed by atoms with van der Waals surface area (Å²) < 4.78 is 5.69. The largest absolute Gasteiger partial charge is 0.491 e. The summed E-state index contributed by atoms with van der Waals surface area (Å²) in [7, 11) is 0. The van der Waals surface area contributed by atoms with Gasteiger partial charge < -0.3 is 15.2 Å². The van der Waals surface area contributed by atoms with Crippen molar-refractivity contribution in [1.82, 2.24) is 5.32 Å². The molecule has 4 nitrogen and oxygen atoms in total. The highest BCUT2D eigenvalue weighted by molar-refractivity contribution is 6.33. The molecular weight excluding hydrogens is 350 g/mol. The molecule has 2 N–H and O–H groups in total. The number of ether oxygens (including phenoxy) is 1. The molecule has 0 saturated carbocycles. The molecule has 0 spiro atoms. The average molecular weight is 374 g/mol. The Hall–Kier alpha value is -2.20. The van der Waals surface area contributed by atoms with Crippen LogP contribution in [0.4, 0.5) is 4.79 Å². The van der Waals surface area contributed by atoms with Crippen molar-refractivity contribution in [2.24, 2.45) is 5.41 Å². The van der Waals surface area contributed by atoms with Crippen molar-refractivity contribution in [2.45, 2.75) is 46.3 Å². The summed E-state index contributed by atoms with van der Waals surface area (Å²) in [6.07, 6.45) is -0.0885.